The van der Waals surface area contributed by atoms with Gasteiger partial charge >= 0.3 is 0 Å². The molecule has 0 saturated carbocycles. The van der Waals surface area contributed by atoms with Crippen LogP contribution in [0, 0.1) is 0 Å². The van der Waals surface area contributed by atoms with E-state index in [0.29, 0.717) is 24.4 Å². The second kappa shape index (κ2) is 6.44. The molecule has 7 nitrogen and oxygen atoms in total. The molecule has 1 aliphatic rings. The number of rotatable bonds is 3. The van der Waals surface area contributed by atoms with Crippen LogP contribution in [0.5, 0.6) is 0 Å². The van der Waals surface area contributed by atoms with Crippen molar-refractivity contribution in [2.75, 3.05) is 6.54 Å². The minimum absolute atomic E-state index is 0.0656. The molecule has 0 saturated heterocycles. The Balaban J connectivity index is 1.43. The van der Waals surface area contributed by atoms with Crippen molar-refractivity contribution in [2.24, 2.45) is 0 Å². The molecule has 4 aromatic rings. The highest BCUT2D eigenvalue weighted by Crippen LogP contribution is 2.21. The van der Waals surface area contributed by atoms with Crippen molar-refractivity contribution >= 4 is 10.9 Å². The first-order valence-electron chi connectivity index (χ1n) is 8.93. The fraction of sp³-hybridized carbons (Fsp3) is 0.200. The molecule has 1 aliphatic heterocycles. The largest absolute Gasteiger partial charge is 0.357 e. The zero-order valence-electron chi connectivity index (χ0n) is 14.6. The summed E-state index contributed by atoms with van der Waals surface area (Å²) < 4.78 is 0. The molecule has 7 heteroatoms. The Morgan fingerprint density at radius 2 is 1.96 bits per heavy atom. The summed E-state index contributed by atoms with van der Waals surface area (Å²) in [5, 5.41) is 1.21. The van der Waals surface area contributed by atoms with Gasteiger partial charge in [-0.1, -0.05) is 18.2 Å². The first kappa shape index (κ1) is 15.9. The first-order chi connectivity index (χ1) is 13.3. The third-order valence-electron chi connectivity index (χ3n) is 4.97. The zero-order chi connectivity index (χ0) is 18.2. The van der Waals surface area contributed by atoms with Gasteiger partial charge in [0.1, 0.15) is 12.2 Å². The van der Waals surface area contributed by atoms with Gasteiger partial charge in [0.25, 0.3) is 5.56 Å². The van der Waals surface area contributed by atoms with E-state index in [1.807, 2.05) is 12.1 Å². The van der Waals surface area contributed by atoms with Crippen molar-refractivity contribution in [1.29, 1.82) is 0 Å². The Kier molecular flexibility index (Phi) is 3.79. The third-order valence-corrected chi connectivity index (χ3v) is 4.97. The second-order valence-corrected chi connectivity index (χ2v) is 6.81. The van der Waals surface area contributed by atoms with Crippen LogP contribution >= 0.6 is 0 Å². The van der Waals surface area contributed by atoms with Crippen molar-refractivity contribution in [2.45, 2.75) is 19.5 Å². The van der Waals surface area contributed by atoms with Gasteiger partial charge in [-0.25, -0.2) is 15.0 Å². The van der Waals surface area contributed by atoms with Gasteiger partial charge in [-0.15, -0.1) is 0 Å². The normalized spacial score (nSPS) is 14.4. The highest BCUT2D eigenvalue weighted by molar-refractivity contribution is 5.80. The molecule has 2 N–H and O–H groups in total. The molecule has 1 aromatic carbocycles. The van der Waals surface area contributed by atoms with Crippen molar-refractivity contribution in [1.82, 2.24) is 29.8 Å². The Morgan fingerprint density at radius 1 is 1.11 bits per heavy atom. The van der Waals surface area contributed by atoms with Gasteiger partial charge in [0, 0.05) is 48.8 Å². The Bertz CT molecular complexity index is 1130. The number of nitrogens with zero attached hydrogens (tertiary/aromatic N) is 4. The standard InChI is InChI=1S/C20H18N6O/c27-20-16-5-6-26(10-15-7-13-3-1-2-4-17(13)23-15)11-18(16)24-19(25-20)14-8-21-12-22-9-14/h1-4,7-9,12,23H,5-6,10-11H2,(H,24,25,27). The summed E-state index contributed by atoms with van der Waals surface area (Å²) >= 11 is 0. The average Bonchev–Trinajstić information content (AvgIpc) is 3.10. The molecular weight excluding hydrogens is 340 g/mol. The van der Waals surface area contributed by atoms with E-state index in [2.05, 4.69) is 43.0 Å². The van der Waals surface area contributed by atoms with E-state index in [-0.39, 0.29) is 5.56 Å². The van der Waals surface area contributed by atoms with Crippen molar-refractivity contribution < 1.29 is 0 Å². The second-order valence-electron chi connectivity index (χ2n) is 6.81. The number of para-hydroxylation sites is 1. The molecule has 0 bridgehead atoms. The molecule has 0 amide bonds. The molecule has 5 rings (SSSR count). The fourth-order valence-corrected chi connectivity index (χ4v) is 3.65. The van der Waals surface area contributed by atoms with Crippen LogP contribution in [0.2, 0.25) is 0 Å². The van der Waals surface area contributed by atoms with Gasteiger partial charge in [0.2, 0.25) is 0 Å². The van der Waals surface area contributed by atoms with Gasteiger partial charge in [-0.2, -0.15) is 0 Å². The van der Waals surface area contributed by atoms with Crippen LogP contribution in [-0.2, 0) is 19.5 Å². The molecule has 134 valence electrons. The zero-order valence-corrected chi connectivity index (χ0v) is 14.6. The van der Waals surface area contributed by atoms with E-state index in [4.69, 9.17) is 4.98 Å². The maximum Gasteiger partial charge on any atom is 0.254 e. The van der Waals surface area contributed by atoms with E-state index < -0.39 is 0 Å². The van der Waals surface area contributed by atoms with E-state index >= 15 is 0 Å². The van der Waals surface area contributed by atoms with Gasteiger partial charge in [-0.05, 0) is 23.9 Å². The fourth-order valence-electron chi connectivity index (χ4n) is 3.65. The average molecular weight is 358 g/mol. The van der Waals surface area contributed by atoms with Gasteiger partial charge in [0.05, 0.1) is 11.3 Å². The summed E-state index contributed by atoms with van der Waals surface area (Å²) in [5.41, 5.74) is 4.57. The van der Waals surface area contributed by atoms with Crippen LogP contribution in [-0.4, -0.2) is 36.4 Å². The first-order valence-corrected chi connectivity index (χ1v) is 8.93. The summed E-state index contributed by atoms with van der Waals surface area (Å²) in [6.07, 6.45) is 5.47. The number of hydrogen-bond acceptors (Lipinski definition) is 5. The minimum atomic E-state index is -0.0656. The Labute approximate surface area is 155 Å². The van der Waals surface area contributed by atoms with Crippen LogP contribution in [0.3, 0.4) is 0 Å². The van der Waals surface area contributed by atoms with Crippen LogP contribution in [0.4, 0.5) is 0 Å². The SMILES string of the molecule is O=c1[nH]c(-c2cncnc2)nc2c1CCN(Cc1cc3ccccc3[nH]1)C2. The number of benzene rings is 1. The molecule has 0 radical (unpaired) electrons. The molecule has 0 aliphatic carbocycles. The number of fused-ring (bicyclic) bond motifs is 2. The number of hydrogen-bond donors (Lipinski definition) is 2. The van der Waals surface area contributed by atoms with E-state index in [1.165, 1.54) is 17.4 Å². The lowest BCUT2D eigenvalue weighted by atomic mass is 10.1. The molecule has 3 aromatic heterocycles. The molecule has 0 atom stereocenters. The molecule has 0 fully saturated rings. The summed E-state index contributed by atoms with van der Waals surface area (Å²) in [4.78, 5) is 33.8. The monoisotopic (exact) mass is 358 g/mol. The third kappa shape index (κ3) is 3.02. The Hall–Kier alpha value is -3.32. The maximum absolute atomic E-state index is 12.5. The van der Waals surface area contributed by atoms with E-state index in [1.54, 1.807) is 12.4 Å². The molecular formula is C20H18N6O. The van der Waals surface area contributed by atoms with Crippen LogP contribution in [0.25, 0.3) is 22.3 Å². The van der Waals surface area contributed by atoms with Crippen LogP contribution in [0.1, 0.15) is 17.0 Å². The quantitative estimate of drug-likeness (QED) is 0.586. The lowest BCUT2D eigenvalue weighted by Gasteiger charge is -2.27. The summed E-state index contributed by atoms with van der Waals surface area (Å²) in [6.45, 7) is 2.28. The molecule has 4 heterocycles. The lowest BCUT2D eigenvalue weighted by Crippen LogP contribution is -2.35. The number of nitrogens with one attached hydrogen (secondary N) is 2. The van der Waals surface area contributed by atoms with Gasteiger partial charge < -0.3 is 9.97 Å². The molecule has 27 heavy (non-hydrogen) atoms. The van der Waals surface area contributed by atoms with Gasteiger partial charge in [0.15, 0.2) is 0 Å². The number of aromatic nitrogens is 5. The predicted octanol–water partition coefficient (Wildman–Crippen LogP) is 2.27. The maximum atomic E-state index is 12.5. The summed E-state index contributed by atoms with van der Waals surface area (Å²) in [7, 11) is 0. The van der Waals surface area contributed by atoms with Crippen molar-refractivity contribution in [3.8, 4) is 11.4 Å². The van der Waals surface area contributed by atoms with Crippen molar-refractivity contribution in [3.63, 3.8) is 0 Å². The number of H-pyrrole nitrogens is 2. The topological polar surface area (TPSA) is 90.6 Å². The minimum Gasteiger partial charge on any atom is -0.357 e. The highest BCUT2D eigenvalue weighted by Gasteiger charge is 2.22. The summed E-state index contributed by atoms with van der Waals surface area (Å²) in [6, 6.07) is 10.4. The predicted molar refractivity (Wildman–Crippen MR) is 102 cm³/mol. The van der Waals surface area contributed by atoms with Crippen LogP contribution in [0.15, 0.2) is 53.8 Å². The summed E-state index contributed by atoms with van der Waals surface area (Å²) in [5.74, 6) is 0.520. The van der Waals surface area contributed by atoms with Crippen molar-refractivity contribution in [3.05, 3.63) is 76.4 Å². The van der Waals surface area contributed by atoms with E-state index in [0.717, 1.165) is 29.9 Å². The Morgan fingerprint density at radius 3 is 2.81 bits per heavy atom. The lowest BCUT2D eigenvalue weighted by molar-refractivity contribution is 0.238. The van der Waals surface area contributed by atoms with E-state index in [9.17, 15) is 4.79 Å². The molecule has 0 spiro atoms. The van der Waals surface area contributed by atoms with Crippen LogP contribution < -0.4 is 5.56 Å². The smallest absolute Gasteiger partial charge is 0.254 e. The van der Waals surface area contributed by atoms with Gasteiger partial charge in [-0.3, -0.25) is 9.69 Å². The molecule has 0 unspecified atom stereocenters. The highest BCUT2D eigenvalue weighted by atomic mass is 16.1. The number of aromatic amines is 2.